The summed E-state index contributed by atoms with van der Waals surface area (Å²) in [6, 6.07) is 1.68. The van der Waals surface area contributed by atoms with Crippen LogP contribution in [0.1, 0.15) is 12.5 Å². The highest BCUT2D eigenvalue weighted by atomic mass is 35.5. The number of hydrogen-bond donors (Lipinski definition) is 2. The molecular weight excluding hydrogens is 230 g/mol. The van der Waals surface area contributed by atoms with E-state index >= 15 is 0 Å². The van der Waals surface area contributed by atoms with E-state index in [9.17, 15) is 4.79 Å². The molecule has 0 aliphatic rings. The zero-order chi connectivity index (χ0) is 12.0. The van der Waals surface area contributed by atoms with Gasteiger partial charge in [-0.15, -0.1) is 0 Å². The van der Waals surface area contributed by atoms with Crippen molar-refractivity contribution in [2.45, 2.75) is 13.8 Å². The summed E-state index contributed by atoms with van der Waals surface area (Å²) in [5.74, 6) is 0.264. The van der Waals surface area contributed by atoms with Crippen LogP contribution in [-0.2, 0) is 9.53 Å². The van der Waals surface area contributed by atoms with Gasteiger partial charge in [0.1, 0.15) is 12.4 Å². The van der Waals surface area contributed by atoms with E-state index in [-0.39, 0.29) is 12.5 Å². The van der Waals surface area contributed by atoms with Crippen LogP contribution in [0.25, 0.3) is 0 Å². The number of hydrazine groups is 1. The molecule has 0 saturated heterocycles. The lowest BCUT2D eigenvalue weighted by Gasteiger charge is -2.10. The minimum Gasteiger partial charge on any atom is -0.372 e. The molecule has 0 aliphatic carbocycles. The van der Waals surface area contributed by atoms with Crippen LogP contribution >= 0.6 is 11.6 Å². The molecule has 1 amide bonds. The maximum Gasteiger partial charge on any atom is 0.264 e. The number of ether oxygens (including phenoxy) is 1. The molecule has 1 aromatic heterocycles. The minimum atomic E-state index is -0.261. The van der Waals surface area contributed by atoms with Crippen LogP contribution in [0.2, 0.25) is 5.02 Å². The van der Waals surface area contributed by atoms with E-state index in [4.69, 9.17) is 16.3 Å². The smallest absolute Gasteiger partial charge is 0.264 e. The molecular formula is C10H14ClN3O2. The molecule has 1 rings (SSSR count). The third-order valence-corrected chi connectivity index (χ3v) is 2.31. The predicted octanol–water partition coefficient (Wildman–Crippen LogP) is 1.52. The molecule has 1 heterocycles. The van der Waals surface area contributed by atoms with Crippen molar-refractivity contribution in [3.63, 3.8) is 0 Å². The summed E-state index contributed by atoms with van der Waals surface area (Å²) in [6.07, 6.45) is 1.56. The Bertz CT molecular complexity index is 371. The molecule has 16 heavy (non-hydrogen) atoms. The van der Waals surface area contributed by atoms with Crippen molar-refractivity contribution in [2.75, 3.05) is 18.6 Å². The summed E-state index contributed by atoms with van der Waals surface area (Å²) in [7, 11) is 0. The molecule has 5 nitrogen and oxygen atoms in total. The summed E-state index contributed by atoms with van der Waals surface area (Å²) in [4.78, 5) is 15.3. The highest BCUT2D eigenvalue weighted by molar-refractivity contribution is 6.31. The molecule has 0 aromatic carbocycles. The van der Waals surface area contributed by atoms with E-state index in [0.29, 0.717) is 17.4 Å². The van der Waals surface area contributed by atoms with Crippen molar-refractivity contribution >= 4 is 23.3 Å². The minimum absolute atomic E-state index is 0.0170. The lowest BCUT2D eigenvalue weighted by molar-refractivity contribution is -0.125. The van der Waals surface area contributed by atoms with Gasteiger partial charge < -0.3 is 4.74 Å². The number of carbonyl (C=O) groups excluding carboxylic acids is 1. The number of nitrogens with zero attached hydrogens (tertiary/aromatic N) is 1. The lowest BCUT2D eigenvalue weighted by atomic mass is 10.3. The fourth-order valence-electron chi connectivity index (χ4n) is 0.998. The number of pyridine rings is 1. The van der Waals surface area contributed by atoms with Crippen molar-refractivity contribution in [1.29, 1.82) is 0 Å². The van der Waals surface area contributed by atoms with Gasteiger partial charge in [0.05, 0.1) is 0 Å². The normalized spacial score (nSPS) is 9.94. The maximum atomic E-state index is 11.2. The molecule has 88 valence electrons. The fourth-order valence-corrected chi connectivity index (χ4v) is 1.14. The monoisotopic (exact) mass is 243 g/mol. The molecule has 6 heteroatoms. The van der Waals surface area contributed by atoms with Gasteiger partial charge in [0.25, 0.3) is 5.91 Å². The molecule has 0 aliphatic heterocycles. The van der Waals surface area contributed by atoms with Crippen molar-refractivity contribution in [3.05, 3.63) is 22.8 Å². The molecule has 0 radical (unpaired) electrons. The van der Waals surface area contributed by atoms with Crippen molar-refractivity contribution in [1.82, 2.24) is 10.4 Å². The largest absolute Gasteiger partial charge is 0.372 e. The molecule has 2 N–H and O–H groups in total. The maximum absolute atomic E-state index is 11.2. The van der Waals surface area contributed by atoms with Crippen molar-refractivity contribution < 1.29 is 9.53 Å². The first-order valence-corrected chi connectivity index (χ1v) is 5.26. The summed E-state index contributed by atoms with van der Waals surface area (Å²) >= 11 is 5.90. The molecule has 0 saturated carbocycles. The van der Waals surface area contributed by atoms with Crippen LogP contribution in [0, 0.1) is 6.92 Å². The highest BCUT2D eigenvalue weighted by Gasteiger charge is 2.04. The van der Waals surface area contributed by atoms with Gasteiger partial charge in [-0.2, -0.15) is 0 Å². The second kappa shape index (κ2) is 6.30. The van der Waals surface area contributed by atoms with E-state index in [2.05, 4.69) is 15.8 Å². The number of anilines is 1. The SMILES string of the molecule is CCOCC(=O)NNc1nccc(Cl)c1C. The van der Waals surface area contributed by atoms with Gasteiger partial charge in [0.15, 0.2) is 0 Å². The topological polar surface area (TPSA) is 63.2 Å². The second-order valence-electron chi connectivity index (χ2n) is 3.08. The van der Waals surface area contributed by atoms with Crippen LogP contribution in [0.4, 0.5) is 5.82 Å². The zero-order valence-electron chi connectivity index (χ0n) is 9.21. The molecule has 1 aromatic rings. The van der Waals surface area contributed by atoms with Crippen LogP contribution in [-0.4, -0.2) is 24.1 Å². The molecule has 0 fully saturated rings. The van der Waals surface area contributed by atoms with E-state index in [1.165, 1.54) is 0 Å². The highest BCUT2D eigenvalue weighted by Crippen LogP contribution is 2.19. The fraction of sp³-hybridized carbons (Fsp3) is 0.400. The van der Waals surface area contributed by atoms with Crippen LogP contribution < -0.4 is 10.9 Å². The Morgan fingerprint density at radius 1 is 1.62 bits per heavy atom. The number of nitrogens with one attached hydrogen (secondary N) is 2. The van der Waals surface area contributed by atoms with Gasteiger partial charge >= 0.3 is 0 Å². The van der Waals surface area contributed by atoms with Gasteiger partial charge in [-0.3, -0.25) is 15.6 Å². The van der Waals surface area contributed by atoms with E-state index in [1.54, 1.807) is 12.3 Å². The number of aromatic nitrogens is 1. The summed E-state index contributed by atoms with van der Waals surface area (Å²) in [5.41, 5.74) is 5.93. The van der Waals surface area contributed by atoms with Crippen LogP contribution in [0.5, 0.6) is 0 Å². The standard InChI is InChI=1S/C10H14ClN3O2/c1-3-16-6-9(15)13-14-10-7(2)8(11)4-5-12-10/h4-5H,3,6H2,1-2H3,(H,12,14)(H,13,15). The molecule has 0 spiro atoms. The quantitative estimate of drug-likeness (QED) is 0.770. The number of rotatable bonds is 5. The van der Waals surface area contributed by atoms with E-state index < -0.39 is 0 Å². The van der Waals surface area contributed by atoms with Crippen LogP contribution in [0.15, 0.2) is 12.3 Å². The van der Waals surface area contributed by atoms with Crippen LogP contribution in [0.3, 0.4) is 0 Å². The van der Waals surface area contributed by atoms with E-state index in [0.717, 1.165) is 5.56 Å². The van der Waals surface area contributed by atoms with Gasteiger partial charge in [-0.05, 0) is 19.9 Å². The average Bonchev–Trinajstić information content (AvgIpc) is 2.28. The van der Waals surface area contributed by atoms with Gasteiger partial charge in [-0.1, -0.05) is 11.6 Å². The van der Waals surface area contributed by atoms with Crippen molar-refractivity contribution in [2.24, 2.45) is 0 Å². The summed E-state index contributed by atoms with van der Waals surface area (Å²) in [5, 5.41) is 0.594. The Labute approximate surface area is 99.1 Å². The Morgan fingerprint density at radius 2 is 2.38 bits per heavy atom. The van der Waals surface area contributed by atoms with Gasteiger partial charge in [0.2, 0.25) is 0 Å². The number of carbonyl (C=O) groups is 1. The first-order valence-electron chi connectivity index (χ1n) is 4.88. The Balaban J connectivity index is 2.48. The van der Waals surface area contributed by atoms with Crippen molar-refractivity contribution in [3.8, 4) is 0 Å². The molecule has 0 atom stereocenters. The first kappa shape index (κ1) is 12.7. The Hall–Kier alpha value is -1.33. The lowest BCUT2D eigenvalue weighted by Crippen LogP contribution is -2.33. The number of hydrogen-bond acceptors (Lipinski definition) is 4. The third-order valence-electron chi connectivity index (χ3n) is 1.90. The summed E-state index contributed by atoms with van der Waals surface area (Å²) < 4.78 is 4.94. The first-order chi connectivity index (χ1) is 7.65. The predicted molar refractivity (Wildman–Crippen MR) is 62.2 cm³/mol. The average molecular weight is 244 g/mol. The Morgan fingerprint density at radius 3 is 3.06 bits per heavy atom. The molecule has 0 bridgehead atoms. The van der Waals surface area contributed by atoms with E-state index in [1.807, 2.05) is 13.8 Å². The van der Waals surface area contributed by atoms with Gasteiger partial charge in [0, 0.05) is 23.4 Å². The third kappa shape index (κ3) is 3.67. The number of amides is 1. The van der Waals surface area contributed by atoms with Gasteiger partial charge in [-0.25, -0.2) is 4.98 Å². The second-order valence-corrected chi connectivity index (χ2v) is 3.48. The summed E-state index contributed by atoms with van der Waals surface area (Å²) in [6.45, 7) is 4.15. The zero-order valence-corrected chi connectivity index (χ0v) is 9.97. The molecule has 0 unspecified atom stereocenters. The Kier molecular flexibility index (Phi) is 5.01. The number of halogens is 1.